The Morgan fingerprint density at radius 2 is 2.20 bits per heavy atom. The Morgan fingerprint density at radius 1 is 1.40 bits per heavy atom. The molecule has 0 unspecified atom stereocenters. The van der Waals surface area contributed by atoms with Gasteiger partial charge in [-0.05, 0) is 28.1 Å². The molecule has 0 saturated heterocycles. The highest BCUT2D eigenvalue weighted by molar-refractivity contribution is 9.10. The quantitative estimate of drug-likeness (QED) is 0.794. The van der Waals surface area contributed by atoms with Gasteiger partial charge in [-0.15, -0.1) is 5.10 Å². The molecule has 0 radical (unpaired) electrons. The Bertz CT molecular complexity index is 463. The lowest BCUT2D eigenvalue weighted by Crippen LogP contribution is -1.96. The van der Waals surface area contributed by atoms with Gasteiger partial charge in [0.15, 0.2) is 0 Å². The van der Waals surface area contributed by atoms with Crippen LogP contribution in [0.5, 0.6) is 0 Å². The Kier molecular flexibility index (Phi) is 3.16. The standard InChI is InChI=1S/C9H8Br2N4/c1-15-8(4-10)9(13-14-15)7-3-2-6(11)5-12-7/h2-3,5H,4H2,1H3. The van der Waals surface area contributed by atoms with Crippen LogP contribution in [-0.4, -0.2) is 20.0 Å². The highest BCUT2D eigenvalue weighted by atomic mass is 79.9. The fourth-order valence-corrected chi connectivity index (χ4v) is 2.10. The molecule has 0 N–H and O–H groups in total. The van der Waals surface area contributed by atoms with Crippen LogP contribution in [0.25, 0.3) is 11.4 Å². The fourth-order valence-electron chi connectivity index (χ4n) is 1.24. The van der Waals surface area contributed by atoms with Crippen LogP contribution < -0.4 is 0 Å². The number of aryl methyl sites for hydroxylation is 1. The van der Waals surface area contributed by atoms with E-state index in [1.807, 2.05) is 19.2 Å². The highest BCUT2D eigenvalue weighted by Crippen LogP contribution is 2.21. The fraction of sp³-hybridized carbons (Fsp3) is 0.222. The van der Waals surface area contributed by atoms with Crippen molar-refractivity contribution in [2.45, 2.75) is 5.33 Å². The summed E-state index contributed by atoms with van der Waals surface area (Å²) in [5.41, 5.74) is 2.67. The van der Waals surface area contributed by atoms with E-state index in [0.29, 0.717) is 5.33 Å². The van der Waals surface area contributed by atoms with Gasteiger partial charge in [0.25, 0.3) is 0 Å². The molecular weight excluding hydrogens is 324 g/mol. The molecule has 0 saturated carbocycles. The van der Waals surface area contributed by atoms with Crippen molar-refractivity contribution in [2.24, 2.45) is 7.05 Å². The molecule has 0 aliphatic carbocycles. The summed E-state index contributed by atoms with van der Waals surface area (Å²) in [5.74, 6) is 0. The third-order valence-electron chi connectivity index (χ3n) is 2.04. The maximum absolute atomic E-state index is 4.29. The first-order valence-electron chi connectivity index (χ1n) is 4.29. The van der Waals surface area contributed by atoms with Gasteiger partial charge in [0, 0.05) is 23.0 Å². The minimum absolute atomic E-state index is 0.712. The SMILES string of the molecule is Cn1nnc(-c2ccc(Br)cn2)c1CBr. The highest BCUT2D eigenvalue weighted by Gasteiger charge is 2.12. The van der Waals surface area contributed by atoms with Crippen molar-refractivity contribution >= 4 is 31.9 Å². The van der Waals surface area contributed by atoms with E-state index >= 15 is 0 Å². The van der Waals surface area contributed by atoms with Gasteiger partial charge in [-0.1, -0.05) is 21.1 Å². The molecule has 2 aromatic rings. The van der Waals surface area contributed by atoms with Crippen molar-refractivity contribution in [3.05, 3.63) is 28.5 Å². The van der Waals surface area contributed by atoms with Crippen LogP contribution in [0.3, 0.4) is 0 Å². The summed E-state index contributed by atoms with van der Waals surface area (Å²) < 4.78 is 2.70. The molecule has 2 heterocycles. The molecule has 0 aliphatic rings. The summed E-state index contributed by atoms with van der Waals surface area (Å²) in [4.78, 5) is 4.29. The maximum atomic E-state index is 4.29. The summed E-state index contributed by atoms with van der Waals surface area (Å²) in [6.45, 7) is 0. The molecule has 0 aromatic carbocycles. The maximum Gasteiger partial charge on any atom is 0.135 e. The molecule has 0 bridgehead atoms. The van der Waals surface area contributed by atoms with Gasteiger partial charge >= 0.3 is 0 Å². The molecule has 78 valence electrons. The van der Waals surface area contributed by atoms with E-state index in [9.17, 15) is 0 Å². The lowest BCUT2D eigenvalue weighted by molar-refractivity contribution is 0.694. The van der Waals surface area contributed by atoms with Crippen LogP contribution in [0.2, 0.25) is 0 Å². The van der Waals surface area contributed by atoms with Crippen molar-refractivity contribution in [3.63, 3.8) is 0 Å². The number of hydrogen-bond donors (Lipinski definition) is 0. The van der Waals surface area contributed by atoms with E-state index in [0.717, 1.165) is 21.6 Å². The van der Waals surface area contributed by atoms with E-state index < -0.39 is 0 Å². The zero-order valence-corrected chi connectivity index (χ0v) is 11.2. The van der Waals surface area contributed by atoms with Crippen LogP contribution >= 0.6 is 31.9 Å². The number of alkyl halides is 1. The van der Waals surface area contributed by atoms with E-state index in [1.54, 1.807) is 10.9 Å². The molecule has 0 aliphatic heterocycles. The second kappa shape index (κ2) is 4.40. The van der Waals surface area contributed by atoms with Crippen LogP contribution in [0.1, 0.15) is 5.69 Å². The van der Waals surface area contributed by atoms with Crippen LogP contribution in [0.4, 0.5) is 0 Å². The number of aromatic nitrogens is 4. The number of hydrogen-bond acceptors (Lipinski definition) is 3. The first-order valence-corrected chi connectivity index (χ1v) is 6.20. The molecule has 0 fully saturated rings. The third kappa shape index (κ3) is 2.10. The second-order valence-corrected chi connectivity index (χ2v) is 4.48. The van der Waals surface area contributed by atoms with Crippen molar-refractivity contribution in [1.82, 2.24) is 20.0 Å². The van der Waals surface area contributed by atoms with Crippen LogP contribution in [0.15, 0.2) is 22.8 Å². The molecule has 0 amide bonds. The largest absolute Gasteiger partial charge is 0.253 e. The number of rotatable bonds is 2. The minimum atomic E-state index is 0.712. The van der Waals surface area contributed by atoms with Gasteiger partial charge in [0.2, 0.25) is 0 Å². The van der Waals surface area contributed by atoms with Crippen LogP contribution in [-0.2, 0) is 12.4 Å². The predicted octanol–water partition coefficient (Wildman–Crippen LogP) is 2.53. The van der Waals surface area contributed by atoms with Gasteiger partial charge in [-0.3, -0.25) is 9.67 Å². The monoisotopic (exact) mass is 330 g/mol. The summed E-state index contributed by atoms with van der Waals surface area (Å²) in [6, 6.07) is 3.86. The summed E-state index contributed by atoms with van der Waals surface area (Å²) in [5, 5.41) is 8.77. The average Bonchev–Trinajstić information content (AvgIpc) is 2.61. The molecule has 2 rings (SSSR count). The molecule has 15 heavy (non-hydrogen) atoms. The molecule has 0 atom stereocenters. The Hall–Kier alpha value is -0.750. The summed E-state index contributed by atoms with van der Waals surface area (Å²) >= 11 is 6.76. The number of halogens is 2. The zero-order chi connectivity index (χ0) is 10.8. The summed E-state index contributed by atoms with van der Waals surface area (Å²) in [6.07, 6.45) is 1.75. The Labute approximate surface area is 104 Å². The van der Waals surface area contributed by atoms with Crippen molar-refractivity contribution in [2.75, 3.05) is 0 Å². The van der Waals surface area contributed by atoms with E-state index in [2.05, 4.69) is 47.2 Å². The number of nitrogens with zero attached hydrogens (tertiary/aromatic N) is 4. The second-order valence-electron chi connectivity index (χ2n) is 3.00. The summed E-state index contributed by atoms with van der Waals surface area (Å²) in [7, 11) is 1.87. The lowest BCUT2D eigenvalue weighted by atomic mass is 10.2. The van der Waals surface area contributed by atoms with E-state index in [4.69, 9.17) is 0 Å². The topological polar surface area (TPSA) is 43.6 Å². The van der Waals surface area contributed by atoms with E-state index in [1.165, 1.54) is 0 Å². The van der Waals surface area contributed by atoms with Crippen molar-refractivity contribution < 1.29 is 0 Å². The molecule has 0 spiro atoms. The van der Waals surface area contributed by atoms with Gasteiger partial charge in [0.05, 0.1) is 11.4 Å². The lowest BCUT2D eigenvalue weighted by Gasteiger charge is -1.99. The zero-order valence-electron chi connectivity index (χ0n) is 7.98. The first kappa shape index (κ1) is 10.8. The Morgan fingerprint density at radius 3 is 2.80 bits per heavy atom. The van der Waals surface area contributed by atoms with Crippen molar-refractivity contribution in [3.8, 4) is 11.4 Å². The van der Waals surface area contributed by atoms with Gasteiger partial charge in [-0.25, -0.2) is 0 Å². The van der Waals surface area contributed by atoms with Gasteiger partial charge < -0.3 is 0 Å². The molecule has 2 aromatic heterocycles. The van der Waals surface area contributed by atoms with Crippen molar-refractivity contribution in [1.29, 1.82) is 0 Å². The number of pyridine rings is 1. The minimum Gasteiger partial charge on any atom is -0.253 e. The third-order valence-corrected chi connectivity index (χ3v) is 3.04. The first-order chi connectivity index (χ1) is 7.22. The van der Waals surface area contributed by atoms with Gasteiger partial charge in [-0.2, -0.15) is 0 Å². The van der Waals surface area contributed by atoms with E-state index in [-0.39, 0.29) is 0 Å². The Balaban J connectivity index is 2.49. The van der Waals surface area contributed by atoms with Crippen LogP contribution in [0, 0.1) is 0 Å². The van der Waals surface area contributed by atoms with Gasteiger partial charge in [0.1, 0.15) is 5.69 Å². The normalized spacial score (nSPS) is 10.6. The molecule has 4 nitrogen and oxygen atoms in total. The average molecular weight is 332 g/mol. The molecule has 6 heteroatoms. The predicted molar refractivity (Wildman–Crippen MR) is 64.6 cm³/mol. The molecular formula is C9H8Br2N4. The smallest absolute Gasteiger partial charge is 0.135 e.